The van der Waals surface area contributed by atoms with Gasteiger partial charge in [-0.2, -0.15) is 0 Å². The Kier molecular flexibility index (Phi) is 4.45. The molecule has 4 aromatic rings. The smallest absolute Gasteiger partial charge is 0.340 e. The van der Waals surface area contributed by atoms with Crippen LogP contribution < -0.4 is 4.74 Å². The number of aromatic hydroxyl groups is 2. The van der Waals surface area contributed by atoms with Crippen LogP contribution in [0.5, 0.6) is 23.0 Å². The summed E-state index contributed by atoms with van der Waals surface area (Å²) in [6.07, 6.45) is 0.629. The van der Waals surface area contributed by atoms with Crippen LogP contribution in [0.1, 0.15) is 51.5 Å². The van der Waals surface area contributed by atoms with Crippen molar-refractivity contribution in [2.75, 3.05) is 0 Å². The van der Waals surface area contributed by atoms with Gasteiger partial charge in [-0.25, -0.2) is 4.79 Å². The Bertz CT molecular complexity index is 1580. The predicted octanol–water partition coefficient (Wildman–Crippen LogP) is 5.65. The van der Waals surface area contributed by atoms with Crippen molar-refractivity contribution in [1.29, 1.82) is 0 Å². The fourth-order valence-corrected chi connectivity index (χ4v) is 5.18. The molecule has 1 unspecified atom stereocenters. The van der Waals surface area contributed by atoms with Gasteiger partial charge >= 0.3 is 5.97 Å². The Morgan fingerprint density at radius 1 is 0.943 bits per heavy atom. The number of ketones is 1. The van der Waals surface area contributed by atoms with Crippen LogP contribution in [0.4, 0.5) is 0 Å². The van der Waals surface area contributed by atoms with E-state index in [1.807, 2.05) is 30.3 Å². The van der Waals surface area contributed by atoms with E-state index in [-0.39, 0.29) is 23.7 Å². The van der Waals surface area contributed by atoms with Crippen molar-refractivity contribution in [3.8, 4) is 23.0 Å². The van der Waals surface area contributed by atoms with E-state index in [2.05, 4.69) is 0 Å². The summed E-state index contributed by atoms with van der Waals surface area (Å²) < 4.78 is 12.6. The summed E-state index contributed by atoms with van der Waals surface area (Å²) in [7, 11) is 0. The Labute approximate surface area is 201 Å². The lowest BCUT2D eigenvalue weighted by Crippen LogP contribution is -2.33. The van der Waals surface area contributed by atoms with Gasteiger partial charge in [-0.3, -0.25) is 0 Å². The maximum absolute atomic E-state index is 13.1. The summed E-state index contributed by atoms with van der Waals surface area (Å²) in [6.45, 7) is 3.31. The van der Waals surface area contributed by atoms with E-state index in [1.165, 1.54) is 13.0 Å². The number of carbonyl (C=O) groups excluding carboxylic acids is 2. The summed E-state index contributed by atoms with van der Waals surface area (Å²) in [5, 5.41) is 22.5. The maximum Gasteiger partial charge on any atom is 0.340 e. The largest absolute Gasteiger partial charge is 0.508 e. The van der Waals surface area contributed by atoms with Gasteiger partial charge in [-0.05, 0) is 67.1 Å². The van der Waals surface area contributed by atoms with Gasteiger partial charge in [-0.15, -0.1) is 0 Å². The first-order valence-corrected chi connectivity index (χ1v) is 11.4. The van der Waals surface area contributed by atoms with Crippen LogP contribution in [0.15, 0.2) is 60.7 Å². The number of benzene rings is 4. The van der Waals surface area contributed by atoms with Crippen LogP contribution in [-0.2, 0) is 21.6 Å². The number of hydrogen-bond donors (Lipinski definition) is 2. The zero-order chi connectivity index (χ0) is 24.5. The normalized spacial score (nSPS) is 17.5. The summed E-state index contributed by atoms with van der Waals surface area (Å²) in [5.74, 6) is 0.618. The zero-order valence-corrected chi connectivity index (χ0v) is 19.2. The average Bonchev–Trinajstić information content (AvgIpc) is 3.12. The summed E-state index contributed by atoms with van der Waals surface area (Å²) in [5.41, 5.74) is 2.38. The molecule has 2 aliphatic rings. The fourth-order valence-electron chi connectivity index (χ4n) is 5.18. The van der Waals surface area contributed by atoms with Gasteiger partial charge in [0.05, 0.1) is 5.56 Å². The van der Waals surface area contributed by atoms with Gasteiger partial charge in [-0.1, -0.05) is 24.3 Å². The highest BCUT2D eigenvalue weighted by Gasteiger charge is 2.54. The molecule has 1 atom stereocenters. The number of rotatable bonds is 3. The number of esters is 1. The third-order valence-electron chi connectivity index (χ3n) is 6.96. The van der Waals surface area contributed by atoms with Crippen LogP contribution in [0, 0.1) is 6.92 Å². The molecule has 0 saturated carbocycles. The molecule has 1 spiro atoms. The van der Waals surface area contributed by atoms with E-state index in [0.29, 0.717) is 51.3 Å². The highest BCUT2D eigenvalue weighted by molar-refractivity contribution is 5.99. The van der Waals surface area contributed by atoms with E-state index in [0.717, 1.165) is 10.8 Å². The van der Waals surface area contributed by atoms with Gasteiger partial charge in [0, 0.05) is 34.6 Å². The lowest BCUT2D eigenvalue weighted by Gasteiger charge is -2.37. The molecule has 4 aromatic carbocycles. The third kappa shape index (κ3) is 2.96. The molecule has 0 aliphatic carbocycles. The number of aryl methyl sites for hydroxylation is 2. The molecule has 2 heterocycles. The minimum absolute atomic E-state index is 0.00951. The number of ether oxygens (including phenoxy) is 2. The predicted molar refractivity (Wildman–Crippen MR) is 129 cm³/mol. The van der Waals surface area contributed by atoms with E-state index < -0.39 is 11.6 Å². The van der Waals surface area contributed by atoms with Crippen LogP contribution in [-0.4, -0.2) is 22.0 Å². The van der Waals surface area contributed by atoms with E-state index in [1.54, 1.807) is 31.2 Å². The molecule has 0 amide bonds. The number of Topliss-reactive ketones (excluding diaryl/α,β-unsaturated/α-hetero) is 1. The van der Waals surface area contributed by atoms with Crippen molar-refractivity contribution < 1.29 is 29.3 Å². The number of carbonyl (C=O) groups is 2. The van der Waals surface area contributed by atoms with E-state index >= 15 is 0 Å². The quantitative estimate of drug-likeness (QED) is 0.379. The van der Waals surface area contributed by atoms with Crippen molar-refractivity contribution >= 4 is 22.5 Å². The summed E-state index contributed by atoms with van der Waals surface area (Å²) in [4.78, 5) is 24.7. The van der Waals surface area contributed by atoms with Crippen LogP contribution in [0.25, 0.3) is 10.8 Å². The number of hydrogen-bond acceptors (Lipinski definition) is 6. The zero-order valence-electron chi connectivity index (χ0n) is 19.2. The monoisotopic (exact) mass is 466 g/mol. The van der Waals surface area contributed by atoms with Crippen LogP contribution in [0.2, 0.25) is 0 Å². The molecule has 2 aliphatic heterocycles. The molecule has 0 fully saturated rings. The maximum atomic E-state index is 13.1. The van der Waals surface area contributed by atoms with Crippen LogP contribution >= 0.6 is 0 Å². The van der Waals surface area contributed by atoms with Crippen molar-refractivity contribution in [2.45, 2.75) is 32.3 Å². The second-order valence-electron chi connectivity index (χ2n) is 9.20. The van der Waals surface area contributed by atoms with E-state index in [4.69, 9.17) is 9.47 Å². The standard InChI is InChI=1S/C29H22O6/c1-15-11-20-17(13-24(15)31)9-10-22-27(20)34-26-14-25(32)18(8-7-16(2)30)12-23(26)29(22)21-6-4-3-5-19(21)28(33)35-29/h3-6,9-14,31-32H,7-8H2,1-2H3. The van der Waals surface area contributed by atoms with Crippen molar-refractivity contribution in [1.82, 2.24) is 0 Å². The molecule has 0 aromatic heterocycles. The Balaban J connectivity index is 1.69. The van der Waals surface area contributed by atoms with Crippen LogP contribution in [0.3, 0.4) is 0 Å². The first kappa shape index (κ1) is 21.2. The van der Waals surface area contributed by atoms with Crippen molar-refractivity contribution in [2.24, 2.45) is 0 Å². The van der Waals surface area contributed by atoms with Gasteiger partial charge in [0.25, 0.3) is 0 Å². The van der Waals surface area contributed by atoms with Gasteiger partial charge in [0.2, 0.25) is 0 Å². The molecule has 6 heteroatoms. The molecule has 0 bridgehead atoms. The molecule has 2 N–H and O–H groups in total. The molecular formula is C29H22O6. The fraction of sp³-hybridized carbons (Fsp3) is 0.172. The highest BCUT2D eigenvalue weighted by Crippen LogP contribution is 2.58. The van der Waals surface area contributed by atoms with E-state index in [9.17, 15) is 19.8 Å². The second kappa shape index (κ2) is 7.34. The van der Waals surface area contributed by atoms with Crippen molar-refractivity contribution in [3.63, 3.8) is 0 Å². The summed E-state index contributed by atoms with van der Waals surface area (Å²) >= 11 is 0. The van der Waals surface area contributed by atoms with Gasteiger partial charge < -0.3 is 24.5 Å². The Hall–Kier alpha value is -4.32. The molecule has 0 radical (unpaired) electrons. The Morgan fingerprint density at radius 3 is 2.54 bits per heavy atom. The SMILES string of the molecule is CC(=O)CCc1cc2c(cc1O)Oc1c(ccc3cc(O)c(C)cc13)C21OC(=O)c2ccccc21. The van der Waals surface area contributed by atoms with Gasteiger partial charge in [0.1, 0.15) is 28.8 Å². The molecule has 6 nitrogen and oxygen atoms in total. The Morgan fingerprint density at radius 2 is 1.74 bits per heavy atom. The average molecular weight is 466 g/mol. The molecule has 0 saturated heterocycles. The van der Waals surface area contributed by atoms with Gasteiger partial charge in [0.15, 0.2) is 5.60 Å². The first-order chi connectivity index (χ1) is 16.8. The molecule has 35 heavy (non-hydrogen) atoms. The minimum Gasteiger partial charge on any atom is -0.508 e. The lowest BCUT2D eigenvalue weighted by molar-refractivity contribution is -0.116. The molecule has 174 valence electrons. The third-order valence-corrected chi connectivity index (χ3v) is 6.96. The number of fused-ring (bicyclic) bond motifs is 8. The molecular weight excluding hydrogens is 444 g/mol. The van der Waals surface area contributed by atoms with Crippen molar-refractivity contribution in [3.05, 3.63) is 94.0 Å². The highest BCUT2D eigenvalue weighted by atomic mass is 16.6. The number of phenols is 2. The summed E-state index contributed by atoms with van der Waals surface area (Å²) in [6, 6.07) is 17.8. The molecule has 6 rings (SSSR count). The topological polar surface area (TPSA) is 93.1 Å². The lowest BCUT2D eigenvalue weighted by atomic mass is 9.76. The minimum atomic E-state index is -1.28. The first-order valence-electron chi connectivity index (χ1n) is 11.4. The number of phenolic OH excluding ortho intramolecular Hbond substituents is 2. The second-order valence-corrected chi connectivity index (χ2v) is 9.20.